The standard InChI is InChI=1S/C18H14O4/c19-9-10-22-16-8-4-1-5-12(16)11-15-13-6-2-3-7-14(13)17(20)18(15)21/h1-8,11,19H,9-10H2/b15-11+. The maximum absolute atomic E-state index is 12.2. The van der Waals surface area contributed by atoms with Crippen molar-refractivity contribution in [3.05, 3.63) is 65.2 Å². The van der Waals surface area contributed by atoms with Crippen LogP contribution in [-0.2, 0) is 4.79 Å². The number of hydrogen-bond acceptors (Lipinski definition) is 4. The van der Waals surface area contributed by atoms with Gasteiger partial charge in [-0.1, -0.05) is 42.5 Å². The minimum atomic E-state index is -0.502. The van der Waals surface area contributed by atoms with Crippen molar-refractivity contribution in [2.24, 2.45) is 0 Å². The number of allylic oxidation sites excluding steroid dienone is 1. The molecule has 0 aliphatic heterocycles. The minimum absolute atomic E-state index is 0.0921. The summed E-state index contributed by atoms with van der Waals surface area (Å²) in [7, 11) is 0. The first-order chi connectivity index (χ1) is 10.7. The van der Waals surface area contributed by atoms with E-state index in [1.807, 2.05) is 12.1 Å². The van der Waals surface area contributed by atoms with Crippen LogP contribution in [0.2, 0.25) is 0 Å². The number of ketones is 2. The Morgan fingerprint density at radius 1 is 0.909 bits per heavy atom. The summed E-state index contributed by atoms with van der Waals surface area (Å²) in [6.07, 6.45) is 1.67. The Morgan fingerprint density at radius 2 is 1.59 bits per heavy atom. The third-order valence-electron chi connectivity index (χ3n) is 3.48. The Kier molecular flexibility index (Phi) is 3.85. The van der Waals surface area contributed by atoms with Crippen LogP contribution in [-0.4, -0.2) is 29.9 Å². The van der Waals surface area contributed by atoms with E-state index in [1.54, 1.807) is 42.5 Å². The van der Waals surface area contributed by atoms with Crippen LogP contribution in [0.25, 0.3) is 11.6 Å². The van der Waals surface area contributed by atoms with E-state index in [-0.39, 0.29) is 13.2 Å². The van der Waals surface area contributed by atoms with Crippen LogP contribution in [0.15, 0.2) is 48.5 Å². The number of fused-ring (bicyclic) bond motifs is 1. The average molecular weight is 294 g/mol. The molecule has 1 aliphatic rings. The van der Waals surface area contributed by atoms with Crippen LogP contribution >= 0.6 is 0 Å². The Labute approximate surface area is 127 Å². The first kappa shape index (κ1) is 14.2. The second kappa shape index (κ2) is 5.95. The fourth-order valence-corrected chi connectivity index (χ4v) is 2.47. The quantitative estimate of drug-likeness (QED) is 0.694. The Morgan fingerprint density at radius 3 is 2.36 bits per heavy atom. The van der Waals surface area contributed by atoms with Gasteiger partial charge in [-0.25, -0.2) is 0 Å². The van der Waals surface area contributed by atoms with Crippen molar-refractivity contribution in [2.45, 2.75) is 0 Å². The number of aliphatic hydroxyl groups is 1. The van der Waals surface area contributed by atoms with Gasteiger partial charge in [0.15, 0.2) is 0 Å². The predicted molar refractivity (Wildman–Crippen MR) is 82.7 cm³/mol. The number of ether oxygens (including phenoxy) is 1. The molecule has 0 spiro atoms. The number of carbonyl (C=O) groups excluding carboxylic acids is 2. The van der Waals surface area contributed by atoms with Crippen molar-refractivity contribution in [1.29, 1.82) is 0 Å². The Hall–Kier alpha value is -2.72. The lowest BCUT2D eigenvalue weighted by Gasteiger charge is -2.08. The molecule has 0 saturated heterocycles. The maximum Gasteiger partial charge on any atom is 0.234 e. The van der Waals surface area contributed by atoms with Crippen LogP contribution in [0.3, 0.4) is 0 Å². The molecule has 0 fully saturated rings. The van der Waals surface area contributed by atoms with E-state index in [9.17, 15) is 9.59 Å². The molecular formula is C18H14O4. The van der Waals surface area contributed by atoms with Gasteiger partial charge in [0.1, 0.15) is 12.4 Å². The molecule has 1 N–H and O–H groups in total. The first-order valence-electron chi connectivity index (χ1n) is 6.95. The molecule has 0 heterocycles. The lowest BCUT2D eigenvalue weighted by Crippen LogP contribution is -2.06. The van der Waals surface area contributed by atoms with Crippen molar-refractivity contribution < 1.29 is 19.4 Å². The largest absolute Gasteiger partial charge is 0.491 e. The van der Waals surface area contributed by atoms with Gasteiger partial charge < -0.3 is 9.84 Å². The fraction of sp³-hybridized carbons (Fsp3) is 0.111. The highest BCUT2D eigenvalue weighted by Gasteiger charge is 2.32. The highest BCUT2D eigenvalue weighted by molar-refractivity contribution is 6.64. The van der Waals surface area contributed by atoms with Gasteiger partial charge in [0.2, 0.25) is 11.6 Å². The molecule has 0 saturated carbocycles. The summed E-state index contributed by atoms with van der Waals surface area (Å²) in [5.41, 5.74) is 2.16. The summed E-state index contributed by atoms with van der Waals surface area (Å²) in [6.45, 7) is 0.0782. The van der Waals surface area contributed by atoms with Crippen LogP contribution < -0.4 is 4.74 Å². The monoisotopic (exact) mass is 294 g/mol. The molecule has 0 radical (unpaired) electrons. The summed E-state index contributed by atoms with van der Waals surface area (Å²) in [5, 5.41) is 8.87. The fourth-order valence-electron chi connectivity index (χ4n) is 2.47. The molecule has 4 nitrogen and oxygen atoms in total. The SMILES string of the molecule is O=C1C(=O)c2ccccc2/C1=C\c1ccccc1OCCO. The summed E-state index contributed by atoms with van der Waals surface area (Å²) >= 11 is 0. The second-order valence-corrected chi connectivity index (χ2v) is 4.87. The molecule has 0 atom stereocenters. The molecule has 0 unspecified atom stereocenters. The number of Topliss-reactive ketones (excluding diaryl/α,β-unsaturated/α-hetero) is 2. The van der Waals surface area contributed by atoms with Crippen LogP contribution in [0.5, 0.6) is 5.75 Å². The number of benzene rings is 2. The van der Waals surface area contributed by atoms with Crippen LogP contribution in [0.1, 0.15) is 21.5 Å². The lowest BCUT2D eigenvalue weighted by atomic mass is 10.0. The molecular weight excluding hydrogens is 280 g/mol. The van der Waals surface area contributed by atoms with Gasteiger partial charge in [-0.2, -0.15) is 0 Å². The van der Waals surface area contributed by atoms with Gasteiger partial charge in [-0.15, -0.1) is 0 Å². The predicted octanol–water partition coefficient (Wildman–Crippen LogP) is 2.36. The third kappa shape index (κ3) is 2.44. The molecule has 110 valence electrons. The minimum Gasteiger partial charge on any atom is -0.491 e. The lowest BCUT2D eigenvalue weighted by molar-refractivity contribution is -0.109. The number of hydrogen-bond donors (Lipinski definition) is 1. The molecule has 0 amide bonds. The zero-order valence-corrected chi connectivity index (χ0v) is 11.8. The van der Waals surface area contributed by atoms with E-state index in [0.29, 0.717) is 28.0 Å². The van der Waals surface area contributed by atoms with Gasteiger partial charge in [-0.3, -0.25) is 9.59 Å². The molecule has 2 aromatic rings. The topological polar surface area (TPSA) is 63.6 Å². The molecule has 22 heavy (non-hydrogen) atoms. The zero-order valence-electron chi connectivity index (χ0n) is 11.8. The van der Waals surface area contributed by atoms with Gasteiger partial charge in [0, 0.05) is 16.7 Å². The van der Waals surface area contributed by atoms with Crippen LogP contribution in [0, 0.1) is 0 Å². The van der Waals surface area contributed by atoms with E-state index in [4.69, 9.17) is 9.84 Å². The Balaban J connectivity index is 2.06. The molecule has 0 aromatic heterocycles. The zero-order chi connectivity index (χ0) is 15.5. The summed E-state index contributed by atoms with van der Waals surface area (Å²) < 4.78 is 5.46. The molecule has 2 aromatic carbocycles. The maximum atomic E-state index is 12.2. The highest BCUT2D eigenvalue weighted by Crippen LogP contribution is 2.32. The van der Waals surface area contributed by atoms with Crippen molar-refractivity contribution in [3.8, 4) is 5.75 Å². The van der Waals surface area contributed by atoms with E-state index >= 15 is 0 Å². The van der Waals surface area contributed by atoms with E-state index in [2.05, 4.69) is 0 Å². The van der Waals surface area contributed by atoms with Crippen molar-refractivity contribution in [2.75, 3.05) is 13.2 Å². The molecule has 3 rings (SSSR count). The summed E-state index contributed by atoms with van der Waals surface area (Å²) in [5.74, 6) is -0.414. The van der Waals surface area contributed by atoms with Gasteiger partial charge in [0.05, 0.1) is 6.61 Å². The van der Waals surface area contributed by atoms with E-state index in [1.165, 1.54) is 0 Å². The molecule has 0 bridgehead atoms. The smallest absolute Gasteiger partial charge is 0.234 e. The van der Waals surface area contributed by atoms with Gasteiger partial charge in [0.25, 0.3) is 0 Å². The molecule has 4 heteroatoms. The second-order valence-electron chi connectivity index (χ2n) is 4.87. The number of rotatable bonds is 4. The summed E-state index contributed by atoms with van der Waals surface area (Å²) in [6, 6.07) is 14.2. The number of aliphatic hydroxyl groups excluding tert-OH is 1. The third-order valence-corrected chi connectivity index (χ3v) is 3.48. The molecule has 1 aliphatic carbocycles. The number of carbonyl (C=O) groups is 2. The number of para-hydroxylation sites is 1. The average Bonchev–Trinajstić information content (AvgIpc) is 2.79. The Bertz CT molecular complexity index is 774. The highest BCUT2D eigenvalue weighted by atomic mass is 16.5. The van der Waals surface area contributed by atoms with Crippen LogP contribution in [0.4, 0.5) is 0 Å². The van der Waals surface area contributed by atoms with E-state index in [0.717, 1.165) is 0 Å². The first-order valence-corrected chi connectivity index (χ1v) is 6.95. The van der Waals surface area contributed by atoms with Gasteiger partial charge >= 0.3 is 0 Å². The van der Waals surface area contributed by atoms with E-state index < -0.39 is 11.6 Å². The normalized spacial score (nSPS) is 15.2. The van der Waals surface area contributed by atoms with Crippen molar-refractivity contribution in [3.63, 3.8) is 0 Å². The van der Waals surface area contributed by atoms with Gasteiger partial charge in [-0.05, 0) is 17.7 Å². The summed E-state index contributed by atoms with van der Waals surface area (Å²) in [4.78, 5) is 24.2. The van der Waals surface area contributed by atoms with Crippen molar-refractivity contribution >= 4 is 23.2 Å². The van der Waals surface area contributed by atoms with Crippen molar-refractivity contribution in [1.82, 2.24) is 0 Å².